The Labute approximate surface area is 93.5 Å². The van der Waals surface area contributed by atoms with Crippen LogP contribution < -0.4 is 0 Å². The predicted octanol–water partition coefficient (Wildman–Crippen LogP) is 3.20. The van der Waals surface area contributed by atoms with Crippen LogP contribution in [0.4, 0.5) is 0 Å². The summed E-state index contributed by atoms with van der Waals surface area (Å²) in [7, 11) is 0. The first kappa shape index (κ1) is 10.2. The summed E-state index contributed by atoms with van der Waals surface area (Å²) in [6.45, 7) is 0. The second kappa shape index (κ2) is 4.98. The van der Waals surface area contributed by atoms with Crippen molar-refractivity contribution in [2.45, 2.75) is 0 Å². The van der Waals surface area contributed by atoms with Gasteiger partial charge in [-0.25, -0.2) is 4.98 Å². The Kier molecular flexibility index (Phi) is 3.18. The Balaban J connectivity index is 2.15. The van der Waals surface area contributed by atoms with Crippen molar-refractivity contribution < 1.29 is 5.11 Å². The molecule has 1 heterocycles. The molecule has 3 heteroatoms. The molecule has 0 fully saturated rings. The fourth-order valence-electron chi connectivity index (χ4n) is 1.38. The lowest BCUT2D eigenvalue weighted by molar-refractivity contribution is 0.474. The fraction of sp³-hybridized carbons (Fsp3) is 0. The molecule has 0 aliphatic rings. The van der Waals surface area contributed by atoms with Crippen LogP contribution in [0.5, 0.6) is 0 Å². The monoisotopic (exact) mass is 212 g/mol. The van der Waals surface area contributed by atoms with Crippen molar-refractivity contribution in [3.05, 3.63) is 60.7 Å². The highest BCUT2D eigenvalue weighted by Crippen LogP contribution is 2.10. The second-order valence-corrected chi connectivity index (χ2v) is 3.22. The number of rotatable bonds is 3. The van der Waals surface area contributed by atoms with Gasteiger partial charge in [-0.3, -0.25) is 0 Å². The molecule has 16 heavy (non-hydrogen) atoms. The molecule has 0 unspecified atom stereocenters. The first-order valence-electron chi connectivity index (χ1n) is 4.99. The smallest absolute Gasteiger partial charge is 0.131 e. The van der Waals surface area contributed by atoms with E-state index < -0.39 is 0 Å². The summed E-state index contributed by atoms with van der Waals surface area (Å²) in [5.41, 5.74) is 1.99. The molecule has 0 aliphatic carbocycles. The SMILES string of the molecule is O/C=C/C=C/C=C/c1nc2ccccc2[nH]1. The fourth-order valence-corrected chi connectivity index (χ4v) is 1.38. The molecule has 0 atom stereocenters. The molecule has 80 valence electrons. The van der Waals surface area contributed by atoms with Crippen molar-refractivity contribution in [1.82, 2.24) is 9.97 Å². The standard InChI is InChI=1S/C13H12N2O/c16-10-6-2-1-3-9-13-14-11-7-4-5-8-12(11)15-13/h1-10,16H,(H,14,15)/b2-1+,9-3+,10-6+. The van der Waals surface area contributed by atoms with Crippen LogP contribution >= 0.6 is 0 Å². The number of hydrogen-bond donors (Lipinski definition) is 2. The van der Waals surface area contributed by atoms with Gasteiger partial charge in [0, 0.05) is 0 Å². The molecule has 0 aliphatic heterocycles. The Morgan fingerprint density at radius 1 is 1.06 bits per heavy atom. The molecule has 2 N–H and O–H groups in total. The van der Waals surface area contributed by atoms with Crippen LogP contribution in [0.3, 0.4) is 0 Å². The van der Waals surface area contributed by atoms with Crippen molar-refractivity contribution in [1.29, 1.82) is 0 Å². The summed E-state index contributed by atoms with van der Waals surface area (Å²) in [5.74, 6) is 0.818. The van der Waals surface area contributed by atoms with Crippen molar-refractivity contribution >= 4 is 17.1 Å². The zero-order valence-corrected chi connectivity index (χ0v) is 8.67. The number of allylic oxidation sites excluding steroid dienone is 4. The number of aliphatic hydroxyl groups is 1. The number of H-pyrrole nitrogens is 1. The third-order valence-electron chi connectivity index (χ3n) is 2.08. The minimum atomic E-state index is 0.818. The lowest BCUT2D eigenvalue weighted by Crippen LogP contribution is -1.71. The van der Waals surface area contributed by atoms with Gasteiger partial charge in [-0.15, -0.1) is 0 Å². The van der Waals surface area contributed by atoms with E-state index >= 15 is 0 Å². The number of nitrogens with zero attached hydrogens (tertiary/aromatic N) is 1. The maximum atomic E-state index is 8.40. The van der Waals surface area contributed by atoms with Crippen molar-refractivity contribution in [3.8, 4) is 0 Å². The predicted molar refractivity (Wildman–Crippen MR) is 66.0 cm³/mol. The summed E-state index contributed by atoms with van der Waals surface area (Å²) >= 11 is 0. The van der Waals surface area contributed by atoms with E-state index in [0.29, 0.717) is 0 Å². The highest BCUT2D eigenvalue weighted by Gasteiger charge is 1.96. The van der Waals surface area contributed by atoms with E-state index in [1.54, 1.807) is 12.2 Å². The van der Waals surface area contributed by atoms with Crippen LogP contribution in [0.2, 0.25) is 0 Å². The van der Waals surface area contributed by atoms with Crippen LogP contribution in [0.25, 0.3) is 17.1 Å². The quantitative estimate of drug-likeness (QED) is 0.606. The number of aliphatic hydroxyl groups excluding tert-OH is 1. The minimum absolute atomic E-state index is 0.818. The first-order valence-corrected chi connectivity index (χ1v) is 4.99. The van der Waals surface area contributed by atoms with Crippen LogP contribution in [-0.2, 0) is 0 Å². The summed E-state index contributed by atoms with van der Waals surface area (Å²) in [5, 5.41) is 8.40. The van der Waals surface area contributed by atoms with Gasteiger partial charge in [0.2, 0.25) is 0 Å². The van der Waals surface area contributed by atoms with E-state index in [1.165, 1.54) is 0 Å². The van der Waals surface area contributed by atoms with Gasteiger partial charge < -0.3 is 10.1 Å². The maximum absolute atomic E-state index is 8.40. The third-order valence-corrected chi connectivity index (χ3v) is 2.08. The van der Waals surface area contributed by atoms with Crippen LogP contribution in [0.1, 0.15) is 5.82 Å². The van der Waals surface area contributed by atoms with Gasteiger partial charge in [-0.05, 0) is 24.3 Å². The van der Waals surface area contributed by atoms with E-state index in [-0.39, 0.29) is 0 Å². The Morgan fingerprint density at radius 2 is 1.88 bits per heavy atom. The molecule has 3 nitrogen and oxygen atoms in total. The van der Waals surface area contributed by atoms with Gasteiger partial charge >= 0.3 is 0 Å². The number of aromatic nitrogens is 2. The molecule has 2 aromatic rings. The van der Waals surface area contributed by atoms with Crippen LogP contribution in [-0.4, -0.2) is 15.1 Å². The molecule has 1 aromatic heterocycles. The molecule has 2 rings (SSSR count). The number of aromatic amines is 1. The van der Waals surface area contributed by atoms with Gasteiger partial charge in [0.1, 0.15) is 5.82 Å². The molecular weight excluding hydrogens is 200 g/mol. The molecule has 0 spiro atoms. The number of benzene rings is 1. The highest BCUT2D eigenvalue weighted by molar-refractivity contribution is 5.76. The van der Waals surface area contributed by atoms with Crippen molar-refractivity contribution in [2.75, 3.05) is 0 Å². The zero-order chi connectivity index (χ0) is 11.2. The minimum Gasteiger partial charge on any atom is -0.516 e. The molecule has 0 saturated carbocycles. The molecule has 0 radical (unpaired) electrons. The zero-order valence-electron chi connectivity index (χ0n) is 8.67. The topological polar surface area (TPSA) is 48.9 Å². The summed E-state index contributed by atoms with van der Waals surface area (Å²) < 4.78 is 0. The third kappa shape index (κ3) is 2.39. The Bertz CT molecular complexity index is 517. The normalized spacial score (nSPS) is 12.5. The average Bonchev–Trinajstić information content (AvgIpc) is 2.71. The van der Waals surface area contributed by atoms with E-state index in [1.807, 2.05) is 42.5 Å². The number of para-hydroxylation sites is 2. The Morgan fingerprint density at radius 3 is 2.69 bits per heavy atom. The van der Waals surface area contributed by atoms with E-state index in [4.69, 9.17) is 5.11 Å². The van der Waals surface area contributed by atoms with Gasteiger partial charge in [0.05, 0.1) is 17.3 Å². The number of hydrogen-bond acceptors (Lipinski definition) is 2. The van der Waals surface area contributed by atoms with Crippen LogP contribution in [0.15, 0.2) is 54.8 Å². The molecular formula is C13H12N2O. The van der Waals surface area contributed by atoms with Gasteiger partial charge in [0.25, 0.3) is 0 Å². The van der Waals surface area contributed by atoms with Gasteiger partial charge in [0.15, 0.2) is 0 Å². The van der Waals surface area contributed by atoms with E-state index in [0.717, 1.165) is 23.1 Å². The van der Waals surface area contributed by atoms with Crippen molar-refractivity contribution in [2.24, 2.45) is 0 Å². The van der Waals surface area contributed by atoms with Gasteiger partial charge in [-0.2, -0.15) is 0 Å². The van der Waals surface area contributed by atoms with Crippen LogP contribution in [0, 0.1) is 0 Å². The Hall–Kier alpha value is -2.29. The largest absolute Gasteiger partial charge is 0.516 e. The van der Waals surface area contributed by atoms with E-state index in [2.05, 4.69) is 9.97 Å². The van der Waals surface area contributed by atoms with Crippen molar-refractivity contribution in [3.63, 3.8) is 0 Å². The number of nitrogens with one attached hydrogen (secondary N) is 1. The summed E-state index contributed by atoms with van der Waals surface area (Å²) in [6.07, 6.45) is 9.83. The molecule has 0 saturated heterocycles. The van der Waals surface area contributed by atoms with E-state index in [9.17, 15) is 0 Å². The lowest BCUT2D eigenvalue weighted by atomic mass is 10.3. The number of imidazole rings is 1. The van der Waals surface area contributed by atoms with Gasteiger partial charge in [-0.1, -0.05) is 30.4 Å². The molecule has 0 bridgehead atoms. The molecule has 0 amide bonds. The average molecular weight is 212 g/mol. The molecule has 1 aromatic carbocycles. The summed E-state index contributed by atoms with van der Waals surface area (Å²) in [4.78, 5) is 7.57. The summed E-state index contributed by atoms with van der Waals surface area (Å²) in [6, 6.07) is 7.89. The number of fused-ring (bicyclic) bond motifs is 1. The second-order valence-electron chi connectivity index (χ2n) is 3.22. The maximum Gasteiger partial charge on any atom is 0.131 e. The highest BCUT2D eigenvalue weighted by atomic mass is 16.2. The first-order chi connectivity index (χ1) is 7.90. The lowest BCUT2D eigenvalue weighted by Gasteiger charge is -1.81.